The number of hydrogen-bond donors (Lipinski definition) is 2. The smallest absolute Gasteiger partial charge is 0.234 e. The lowest BCUT2D eigenvalue weighted by atomic mass is 9.89. The number of thioether (sulfide) groups is 1. The van der Waals surface area contributed by atoms with Gasteiger partial charge in [-0.1, -0.05) is 31.7 Å². The van der Waals surface area contributed by atoms with Gasteiger partial charge in [-0.2, -0.15) is 0 Å². The van der Waals surface area contributed by atoms with Crippen molar-refractivity contribution in [2.75, 3.05) is 16.4 Å². The average Bonchev–Trinajstić information content (AvgIpc) is 3.11. The molecule has 1 atom stereocenters. The molecule has 0 fully saturated rings. The summed E-state index contributed by atoms with van der Waals surface area (Å²) in [6, 6.07) is 5.54. The maximum Gasteiger partial charge on any atom is 0.234 e. The second-order valence-corrected chi connectivity index (χ2v) is 10.4. The molecule has 0 saturated heterocycles. The maximum atomic E-state index is 12.7. The average molecular weight is 469 g/mol. The third-order valence-corrected chi connectivity index (χ3v) is 7.81. The van der Waals surface area contributed by atoms with E-state index in [0.29, 0.717) is 18.0 Å². The van der Waals surface area contributed by atoms with Crippen molar-refractivity contribution in [2.45, 2.75) is 58.4 Å². The second kappa shape index (κ2) is 9.58. The van der Waals surface area contributed by atoms with Gasteiger partial charge in [0.05, 0.1) is 5.75 Å². The number of aromatic nitrogens is 2. The van der Waals surface area contributed by atoms with Crippen LogP contribution in [0.5, 0.6) is 0 Å². The summed E-state index contributed by atoms with van der Waals surface area (Å²) in [5.41, 5.74) is 3.71. The lowest BCUT2D eigenvalue weighted by molar-refractivity contribution is -0.116. The summed E-state index contributed by atoms with van der Waals surface area (Å²) in [4.78, 5) is 36.2. The van der Waals surface area contributed by atoms with Crippen molar-refractivity contribution >= 4 is 56.5 Å². The third kappa shape index (κ3) is 4.96. The fourth-order valence-electron chi connectivity index (χ4n) is 3.92. The molecule has 0 aliphatic heterocycles. The lowest BCUT2D eigenvalue weighted by Gasteiger charge is -2.18. The van der Waals surface area contributed by atoms with Crippen molar-refractivity contribution in [3.63, 3.8) is 0 Å². The van der Waals surface area contributed by atoms with Crippen LogP contribution >= 0.6 is 23.1 Å². The Kier molecular flexibility index (Phi) is 6.81. The van der Waals surface area contributed by atoms with Crippen molar-refractivity contribution in [2.24, 2.45) is 5.92 Å². The Hall–Kier alpha value is -2.45. The van der Waals surface area contributed by atoms with Gasteiger partial charge in [0.15, 0.2) is 0 Å². The molecule has 0 saturated carbocycles. The minimum absolute atomic E-state index is 0.0521. The van der Waals surface area contributed by atoms with Gasteiger partial charge >= 0.3 is 0 Å². The van der Waals surface area contributed by atoms with Crippen LogP contribution in [0.25, 0.3) is 10.2 Å². The molecule has 0 spiro atoms. The molecule has 168 valence electrons. The number of amides is 2. The highest BCUT2D eigenvalue weighted by atomic mass is 32.2. The summed E-state index contributed by atoms with van der Waals surface area (Å²) in [6.07, 6.45) is 3.74. The van der Waals surface area contributed by atoms with Gasteiger partial charge in [-0.3, -0.25) is 9.59 Å². The number of aryl methyl sites for hydroxylation is 3. The highest BCUT2D eigenvalue weighted by Crippen LogP contribution is 2.40. The van der Waals surface area contributed by atoms with E-state index in [-0.39, 0.29) is 17.6 Å². The lowest BCUT2D eigenvalue weighted by Crippen LogP contribution is -2.15. The number of benzene rings is 1. The van der Waals surface area contributed by atoms with E-state index in [0.717, 1.165) is 45.2 Å². The summed E-state index contributed by atoms with van der Waals surface area (Å²) >= 11 is 3.24. The number of thiophene rings is 1. The molecule has 1 aliphatic rings. The van der Waals surface area contributed by atoms with Gasteiger partial charge in [-0.15, -0.1) is 11.3 Å². The van der Waals surface area contributed by atoms with Crippen LogP contribution in [0.1, 0.15) is 48.5 Å². The highest BCUT2D eigenvalue weighted by Gasteiger charge is 2.24. The summed E-state index contributed by atoms with van der Waals surface area (Å²) in [7, 11) is 0. The molecule has 2 heterocycles. The van der Waals surface area contributed by atoms with Crippen LogP contribution in [-0.4, -0.2) is 27.5 Å². The normalized spacial score (nSPS) is 15.4. The molecule has 32 heavy (non-hydrogen) atoms. The minimum atomic E-state index is -0.103. The third-order valence-electron chi connectivity index (χ3n) is 5.69. The van der Waals surface area contributed by atoms with Crippen molar-refractivity contribution in [3.05, 3.63) is 40.0 Å². The van der Waals surface area contributed by atoms with Crippen molar-refractivity contribution in [1.82, 2.24) is 9.97 Å². The van der Waals surface area contributed by atoms with Crippen LogP contribution in [-0.2, 0) is 22.4 Å². The molecule has 8 heteroatoms. The van der Waals surface area contributed by atoms with E-state index < -0.39 is 0 Å². The molecular weight excluding hydrogens is 440 g/mol. The Morgan fingerprint density at radius 1 is 1.19 bits per heavy atom. The number of nitrogens with one attached hydrogen (secondary N) is 2. The standard InChI is InChI=1S/C24H28N4O2S2/c1-5-20(29)28-18-11-16(8-7-14(18)3)27-21(30)12-31-23-22-17-9-6-13(2)10-19(17)32-24(22)26-15(4)25-23/h7-8,11,13H,5-6,9-10,12H2,1-4H3,(H,27,30)(H,28,29)/t13-/m1/s1. The minimum Gasteiger partial charge on any atom is -0.326 e. The van der Waals surface area contributed by atoms with Crippen LogP contribution in [0.2, 0.25) is 0 Å². The maximum absolute atomic E-state index is 12.7. The summed E-state index contributed by atoms with van der Waals surface area (Å²) in [5.74, 6) is 1.55. The van der Waals surface area contributed by atoms with E-state index in [2.05, 4.69) is 27.5 Å². The Labute approximate surface area is 196 Å². The Morgan fingerprint density at radius 3 is 2.78 bits per heavy atom. The van der Waals surface area contributed by atoms with Crippen LogP contribution in [0.4, 0.5) is 11.4 Å². The van der Waals surface area contributed by atoms with Crippen molar-refractivity contribution in [1.29, 1.82) is 0 Å². The molecule has 2 N–H and O–H groups in total. The topological polar surface area (TPSA) is 84.0 Å². The zero-order valence-corrected chi connectivity index (χ0v) is 20.5. The highest BCUT2D eigenvalue weighted by molar-refractivity contribution is 8.00. The van der Waals surface area contributed by atoms with E-state index in [4.69, 9.17) is 0 Å². The Bertz CT molecular complexity index is 1190. The van der Waals surface area contributed by atoms with Crippen LogP contribution in [0.15, 0.2) is 23.2 Å². The number of carbonyl (C=O) groups excluding carboxylic acids is 2. The van der Waals surface area contributed by atoms with Crippen LogP contribution in [0, 0.1) is 19.8 Å². The molecule has 1 aromatic carbocycles. The van der Waals surface area contributed by atoms with Gasteiger partial charge < -0.3 is 10.6 Å². The summed E-state index contributed by atoms with van der Waals surface area (Å²) in [6.45, 7) is 7.94. The molecule has 0 unspecified atom stereocenters. The fraction of sp³-hybridized carbons (Fsp3) is 0.417. The van der Waals surface area contributed by atoms with Crippen LogP contribution in [0.3, 0.4) is 0 Å². The van der Waals surface area contributed by atoms with Gasteiger partial charge in [0, 0.05) is 28.1 Å². The molecule has 2 amide bonds. The molecule has 2 aromatic heterocycles. The quantitative estimate of drug-likeness (QED) is 0.368. The van der Waals surface area contributed by atoms with Crippen molar-refractivity contribution in [3.8, 4) is 0 Å². The van der Waals surface area contributed by atoms with Crippen molar-refractivity contribution < 1.29 is 9.59 Å². The molecule has 0 radical (unpaired) electrons. The second-order valence-electron chi connectivity index (χ2n) is 8.38. The fourth-order valence-corrected chi connectivity index (χ4v) is 6.31. The van der Waals surface area contributed by atoms with Gasteiger partial charge in [0.2, 0.25) is 11.8 Å². The number of carbonyl (C=O) groups is 2. The zero-order valence-electron chi connectivity index (χ0n) is 18.9. The first-order valence-corrected chi connectivity index (χ1v) is 12.8. The first-order valence-electron chi connectivity index (χ1n) is 11.0. The predicted octanol–water partition coefficient (Wildman–Crippen LogP) is 5.51. The number of nitrogens with zero attached hydrogens (tertiary/aromatic N) is 2. The number of hydrogen-bond acceptors (Lipinski definition) is 6. The zero-order chi connectivity index (χ0) is 22.8. The largest absolute Gasteiger partial charge is 0.326 e. The molecule has 0 bridgehead atoms. The van der Waals surface area contributed by atoms with Gasteiger partial charge in [-0.25, -0.2) is 9.97 Å². The number of anilines is 2. The molecule has 6 nitrogen and oxygen atoms in total. The predicted molar refractivity (Wildman–Crippen MR) is 133 cm³/mol. The molecule has 4 rings (SSSR count). The number of fused-ring (bicyclic) bond motifs is 3. The van der Waals surface area contributed by atoms with E-state index in [1.54, 1.807) is 17.4 Å². The molecule has 3 aromatic rings. The van der Waals surface area contributed by atoms with E-state index >= 15 is 0 Å². The van der Waals surface area contributed by atoms with E-state index in [1.807, 2.05) is 32.9 Å². The van der Waals surface area contributed by atoms with Crippen LogP contribution < -0.4 is 10.6 Å². The first kappa shape index (κ1) is 22.7. The molecular formula is C24H28N4O2S2. The first-order chi connectivity index (χ1) is 15.3. The SMILES string of the molecule is CCC(=O)Nc1cc(NC(=O)CSc2nc(C)nc3sc4c(c23)CC[C@@H](C)C4)ccc1C. The number of rotatable bonds is 6. The Balaban J connectivity index is 1.49. The monoisotopic (exact) mass is 468 g/mol. The van der Waals surface area contributed by atoms with E-state index in [1.165, 1.54) is 28.6 Å². The Morgan fingerprint density at radius 2 is 2.00 bits per heavy atom. The van der Waals surface area contributed by atoms with Gasteiger partial charge in [0.25, 0.3) is 0 Å². The van der Waals surface area contributed by atoms with E-state index in [9.17, 15) is 9.59 Å². The molecule has 1 aliphatic carbocycles. The van der Waals surface area contributed by atoms with Gasteiger partial charge in [0.1, 0.15) is 15.7 Å². The van der Waals surface area contributed by atoms with Gasteiger partial charge in [-0.05, 0) is 62.3 Å². The summed E-state index contributed by atoms with van der Waals surface area (Å²) < 4.78 is 0. The summed E-state index contributed by atoms with van der Waals surface area (Å²) in [5, 5.41) is 7.86.